The van der Waals surface area contributed by atoms with Gasteiger partial charge in [-0.3, -0.25) is 10.4 Å². The van der Waals surface area contributed by atoms with E-state index >= 15 is 0 Å². The van der Waals surface area contributed by atoms with Gasteiger partial charge in [0.1, 0.15) is 5.84 Å². The van der Waals surface area contributed by atoms with E-state index in [4.69, 9.17) is 11.3 Å². The zero-order chi connectivity index (χ0) is 16.3. The van der Waals surface area contributed by atoms with Crippen molar-refractivity contribution in [3.8, 4) is 18.2 Å². The van der Waals surface area contributed by atoms with E-state index in [-0.39, 0.29) is 0 Å². The molecule has 1 aromatic rings. The number of nitrogens with one attached hydrogen (secondary N) is 1. The van der Waals surface area contributed by atoms with Gasteiger partial charge in [0, 0.05) is 10.0 Å². The molecule has 1 aliphatic carbocycles. The van der Waals surface area contributed by atoms with Crippen molar-refractivity contribution in [3.05, 3.63) is 34.3 Å². The molecule has 1 aliphatic heterocycles. The monoisotopic (exact) mass is 356 g/mol. The van der Waals surface area contributed by atoms with Crippen molar-refractivity contribution < 1.29 is 5.11 Å². The fraction of sp³-hybridized carbons (Fsp3) is 0.286. The number of rotatable bonds is 1. The lowest BCUT2D eigenvalue weighted by molar-refractivity contribution is -0.0929. The van der Waals surface area contributed by atoms with Crippen molar-refractivity contribution in [1.82, 2.24) is 5.01 Å². The average molecular weight is 357 g/mol. The van der Waals surface area contributed by atoms with Gasteiger partial charge in [-0.2, -0.15) is 15.8 Å². The van der Waals surface area contributed by atoms with E-state index in [1.54, 1.807) is 24.3 Å². The Balaban J connectivity index is 2.25. The molecular weight excluding hydrogens is 348 g/mol. The summed E-state index contributed by atoms with van der Waals surface area (Å²) in [6, 6.07) is 12.0. The minimum absolute atomic E-state index is 0.317. The van der Waals surface area contributed by atoms with Crippen LogP contribution in [0.2, 0.25) is 0 Å². The second-order valence-electron chi connectivity index (χ2n) is 5.34. The predicted molar refractivity (Wildman–Crippen MR) is 77.0 cm³/mol. The zero-order valence-corrected chi connectivity index (χ0v) is 12.7. The van der Waals surface area contributed by atoms with Gasteiger partial charge in [0.15, 0.2) is 16.6 Å². The van der Waals surface area contributed by atoms with Crippen molar-refractivity contribution in [2.24, 2.45) is 22.6 Å². The Morgan fingerprint density at radius 2 is 1.73 bits per heavy atom. The second-order valence-corrected chi connectivity index (χ2v) is 6.25. The van der Waals surface area contributed by atoms with Crippen LogP contribution in [0.15, 0.2) is 28.7 Å². The van der Waals surface area contributed by atoms with Crippen LogP contribution in [0.25, 0.3) is 0 Å². The van der Waals surface area contributed by atoms with Gasteiger partial charge in [-0.1, -0.05) is 28.1 Å². The van der Waals surface area contributed by atoms with Gasteiger partial charge >= 0.3 is 0 Å². The molecule has 0 bridgehead atoms. The summed E-state index contributed by atoms with van der Waals surface area (Å²) in [5.74, 6) is 4.29. The number of nitrogens with zero attached hydrogens (tertiary/aromatic N) is 4. The molecule has 8 heteroatoms. The minimum Gasteiger partial charge on any atom is -0.365 e. The Morgan fingerprint density at radius 1 is 1.18 bits per heavy atom. The lowest BCUT2D eigenvalue weighted by Crippen LogP contribution is -2.53. The SMILES string of the molecule is N#CC1(C#N)[C@@H]2[C@@](O)(c3ccc(Br)cc3)N(N)C(=N)[C@]21C#N. The van der Waals surface area contributed by atoms with Crippen molar-refractivity contribution >= 4 is 21.8 Å². The summed E-state index contributed by atoms with van der Waals surface area (Å²) < 4.78 is 0.769. The van der Waals surface area contributed by atoms with Gasteiger partial charge in [-0.25, -0.2) is 5.84 Å². The standard InChI is InChI=1S/C14H9BrN6O/c15-9-3-1-8(2-4-9)14(22)10-12(5-16,6-17)13(10,7-18)11(19)21(14)20/h1-4,10,19,22H,20H2/t10-,13-,14-/m0/s1. The highest BCUT2D eigenvalue weighted by Gasteiger charge is 2.93. The highest BCUT2D eigenvalue weighted by molar-refractivity contribution is 9.10. The number of amidine groups is 1. The van der Waals surface area contributed by atoms with Crippen LogP contribution in [0.3, 0.4) is 0 Å². The van der Waals surface area contributed by atoms with Crippen molar-refractivity contribution in [1.29, 1.82) is 21.2 Å². The van der Waals surface area contributed by atoms with Crippen LogP contribution < -0.4 is 5.84 Å². The quantitative estimate of drug-likeness (QED) is 0.638. The van der Waals surface area contributed by atoms with Gasteiger partial charge in [-0.15, -0.1) is 0 Å². The molecule has 0 unspecified atom stereocenters. The molecule has 2 aliphatic rings. The highest BCUT2D eigenvalue weighted by atomic mass is 79.9. The van der Waals surface area contributed by atoms with Crippen LogP contribution in [-0.2, 0) is 5.72 Å². The molecule has 0 amide bonds. The number of fused-ring (bicyclic) bond motifs is 1. The molecule has 1 saturated carbocycles. The predicted octanol–water partition coefficient (Wildman–Crippen LogP) is 0.934. The molecule has 108 valence electrons. The smallest absolute Gasteiger partial charge is 0.186 e. The highest BCUT2D eigenvalue weighted by Crippen LogP contribution is 2.78. The second kappa shape index (κ2) is 4.06. The minimum atomic E-state index is -1.96. The maximum atomic E-state index is 11.1. The summed E-state index contributed by atoms with van der Waals surface area (Å²) in [4.78, 5) is 0. The molecule has 2 fully saturated rings. The molecule has 0 aromatic heterocycles. The molecule has 4 N–H and O–H groups in total. The summed E-state index contributed by atoms with van der Waals surface area (Å²) in [6.45, 7) is 0. The number of hydrogen-bond donors (Lipinski definition) is 3. The van der Waals surface area contributed by atoms with Crippen molar-refractivity contribution in [3.63, 3.8) is 0 Å². The Labute approximate surface area is 134 Å². The molecule has 22 heavy (non-hydrogen) atoms. The van der Waals surface area contributed by atoms with E-state index in [9.17, 15) is 20.9 Å². The third kappa shape index (κ3) is 1.19. The van der Waals surface area contributed by atoms with Crippen LogP contribution in [0.5, 0.6) is 0 Å². The van der Waals surface area contributed by atoms with Crippen molar-refractivity contribution in [2.75, 3.05) is 0 Å². The molecule has 1 heterocycles. The number of hydrazine groups is 1. The number of aliphatic hydroxyl groups is 1. The van der Waals surface area contributed by atoms with Gasteiger partial charge in [0.2, 0.25) is 0 Å². The Morgan fingerprint density at radius 3 is 2.18 bits per heavy atom. The van der Waals surface area contributed by atoms with Crippen LogP contribution >= 0.6 is 15.9 Å². The number of nitrogens with two attached hydrogens (primary N) is 1. The number of hydrogen-bond acceptors (Lipinski definition) is 6. The summed E-state index contributed by atoms with van der Waals surface area (Å²) in [6.07, 6.45) is 0. The first kappa shape index (κ1) is 14.5. The molecule has 0 spiro atoms. The number of halogens is 1. The maximum Gasteiger partial charge on any atom is 0.186 e. The molecule has 1 aromatic carbocycles. The normalized spacial score (nSPS) is 34.3. The zero-order valence-electron chi connectivity index (χ0n) is 11.1. The fourth-order valence-corrected chi connectivity index (χ4v) is 3.70. The first-order valence-electron chi connectivity index (χ1n) is 6.23. The molecule has 7 nitrogen and oxygen atoms in total. The van der Waals surface area contributed by atoms with Gasteiger partial charge in [-0.05, 0) is 12.1 Å². The first-order valence-corrected chi connectivity index (χ1v) is 7.02. The van der Waals surface area contributed by atoms with E-state index in [2.05, 4.69) is 15.9 Å². The lowest BCUT2D eigenvalue weighted by Gasteiger charge is -2.35. The first-order chi connectivity index (χ1) is 10.4. The van der Waals surface area contributed by atoms with E-state index in [1.165, 1.54) is 0 Å². The van der Waals surface area contributed by atoms with Gasteiger partial charge < -0.3 is 5.11 Å². The summed E-state index contributed by atoms with van der Waals surface area (Å²) in [5.41, 5.74) is -5.14. The average Bonchev–Trinajstić information content (AvgIpc) is 3.12. The van der Waals surface area contributed by atoms with Crippen LogP contribution in [0.1, 0.15) is 5.56 Å². The summed E-state index contributed by atoms with van der Waals surface area (Å²) in [7, 11) is 0. The van der Waals surface area contributed by atoms with Gasteiger partial charge in [0.25, 0.3) is 0 Å². The van der Waals surface area contributed by atoms with Crippen LogP contribution in [0.4, 0.5) is 0 Å². The molecule has 0 radical (unpaired) electrons. The Hall–Kier alpha value is -2.44. The van der Waals surface area contributed by atoms with E-state index in [1.807, 2.05) is 18.2 Å². The molecule has 3 atom stereocenters. The number of nitriles is 3. The largest absolute Gasteiger partial charge is 0.365 e. The van der Waals surface area contributed by atoms with Crippen molar-refractivity contribution in [2.45, 2.75) is 5.72 Å². The van der Waals surface area contributed by atoms with E-state index < -0.39 is 28.3 Å². The fourth-order valence-electron chi connectivity index (χ4n) is 3.44. The molecule has 1 saturated heterocycles. The number of piperidine rings is 1. The third-order valence-corrected chi connectivity index (χ3v) is 5.12. The summed E-state index contributed by atoms with van der Waals surface area (Å²) >= 11 is 3.27. The summed E-state index contributed by atoms with van der Waals surface area (Å²) in [5, 5.41) is 48.2. The van der Waals surface area contributed by atoms with Crippen LogP contribution in [0, 0.1) is 56.2 Å². The maximum absolute atomic E-state index is 11.1. The Kier molecular flexibility index (Phi) is 2.67. The Bertz CT molecular complexity index is 802. The van der Waals surface area contributed by atoms with E-state index in [0.29, 0.717) is 5.56 Å². The lowest BCUT2D eigenvalue weighted by atomic mass is 9.91. The number of benzene rings is 1. The van der Waals surface area contributed by atoms with Gasteiger partial charge in [0.05, 0.1) is 24.1 Å². The van der Waals surface area contributed by atoms with Crippen LogP contribution in [-0.4, -0.2) is 16.0 Å². The molecular formula is C14H9BrN6O. The topological polar surface area (TPSA) is 145 Å². The van der Waals surface area contributed by atoms with E-state index in [0.717, 1.165) is 9.48 Å². The third-order valence-electron chi connectivity index (χ3n) is 4.59. The molecule has 3 rings (SSSR count).